The summed E-state index contributed by atoms with van der Waals surface area (Å²) in [6, 6.07) is 26.1. The molecule has 7 nitrogen and oxygen atoms in total. The van der Waals surface area contributed by atoms with E-state index in [0.717, 1.165) is 11.1 Å². The molecule has 1 fully saturated rings. The number of hydrogen-bond donors (Lipinski definition) is 0. The van der Waals surface area contributed by atoms with Gasteiger partial charge in [-0.1, -0.05) is 54.1 Å². The molecule has 204 valence electrons. The predicted molar refractivity (Wildman–Crippen MR) is 154 cm³/mol. The Kier molecular flexibility index (Phi) is 8.36. The molecule has 0 saturated carbocycles. The number of carbonyl (C=O) groups is 2. The number of aromatic nitrogens is 2. The van der Waals surface area contributed by atoms with Gasteiger partial charge in [-0.2, -0.15) is 0 Å². The number of halogens is 2. The van der Waals surface area contributed by atoms with Gasteiger partial charge in [0.2, 0.25) is 5.91 Å². The molecule has 4 aromatic rings. The van der Waals surface area contributed by atoms with Crippen LogP contribution < -0.4 is 4.90 Å². The van der Waals surface area contributed by atoms with E-state index >= 15 is 0 Å². The summed E-state index contributed by atoms with van der Waals surface area (Å²) in [7, 11) is 0. The molecule has 1 aromatic heterocycles. The third kappa shape index (κ3) is 6.13. The van der Waals surface area contributed by atoms with E-state index in [4.69, 9.17) is 11.6 Å². The van der Waals surface area contributed by atoms with Gasteiger partial charge in [-0.05, 0) is 61.0 Å². The molecule has 0 N–H and O–H groups in total. The molecule has 1 saturated heterocycles. The zero-order valence-corrected chi connectivity index (χ0v) is 22.8. The number of anilines is 1. The highest BCUT2D eigenvalue weighted by atomic mass is 35.5. The van der Waals surface area contributed by atoms with E-state index in [1.165, 1.54) is 12.1 Å². The summed E-state index contributed by atoms with van der Waals surface area (Å²) in [5, 5.41) is 9.01. The fourth-order valence-electron chi connectivity index (χ4n) is 4.78. The Bertz CT molecular complexity index is 1460. The van der Waals surface area contributed by atoms with Crippen molar-refractivity contribution in [3.05, 3.63) is 113 Å². The monoisotopic (exact) mass is 557 g/mol. The van der Waals surface area contributed by atoms with Crippen molar-refractivity contribution in [1.29, 1.82) is 0 Å². The number of carbonyl (C=O) groups excluding carboxylic acids is 2. The minimum absolute atomic E-state index is 0.0632. The molecular formula is C31H29ClFN5O2. The van der Waals surface area contributed by atoms with Crippen molar-refractivity contribution in [3.8, 4) is 11.3 Å². The highest BCUT2D eigenvalue weighted by molar-refractivity contribution is 6.33. The number of piperazine rings is 1. The number of amides is 2. The molecular weight excluding hydrogens is 529 g/mol. The van der Waals surface area contributed by atoms with Crippen LogP contribution in [0.15, 0.2) is 91.0 Å². The number of hydrogen-bond acceptors (Lipinski definition) is 5. The Morgan fingerprint density at radius 1 is 0.875 bits per heavy atom. The van der Waals surface area contributed by atoms with Crippen molar-refractivity contribution < 1.29 is 14.0 Å². The summed E-state index contributed by atoms with van der Waals surface area (Å²) >= 11 is 6.35. The summed E-state index contributed by atoms with van der Waals surface area (Å²) in [5.74, 6) is 0.00356. The molecule has 3 aromatic carbocycles. The minimum atomic E-state index is -0.329. The normalized spacial score (nSPS) is 14.1. The van der Waals surface area contributed by atoms with Gasteiger partial charge in [0.1, 0.15) is 12.4 Å². The van der Waals surface area contributed by atoms with E-state index in [0.29, 0.717) is 48.3 Å². The summed E-state index contributed by atoms with van der Waals surface area (Å²) in [5.41, 5.74) is 2.75. The SMILES string of the molecule is CC(c1ccccc1)N(CC(=O)N1CCN(c2ccc(-c3ccc(F)cc3)nn2)CC1)C(=O)c1ccccc1Cl. The van der Waals surface area contributed by atoms with Crippen LogP contribution in [0.25, 0.3) is 11.3 Å². The highest BCUT2D eigenvalue weighted by Gasteiger charge is 2.30. The van der Waals surface area contributed by atoms with Crippen LogP contribution in [-0.4, -0.2) is 64.5 Å². The van der Waals surface area contributed by atoms with E-state index < -0.39 is 0 Å². The van der Waals surface area contributed by atoms with Crippen LogP contribution in [-0.2, 0) is 4.79 Å². The number of nitrogens with zero attached hydrogens (tertiary/aromatic N) is 5. The molecule has 2 heterocycles. The fourth-order valence-corrected chi connectivity index (χ4v) is 5.00. The van der Waals surface area contributed by atoms with Gasteiger partial charge < -0.3 is 14.7 Å². The van der Waals surface area contributed by atoms with Gasteiger partial charge in [-0.3, -0.25) is 9.59 Å². The molecule has 1 aliphatic rings. The van der Waals surface area contributed by atoms with Crippen LogP contribution in [0, 0.1) is 5.82 Å². The Balaban J connectivity index is 1.25. The smallest absolute Gasteiger partial charge is 0.256 e. The lowest BCUT2D eigenvalue weighted by atomic mass is 10.1. The molecule has 5 rings (SSSR count). The molecule has 0 spiro atoms. The maximum atomic E-state index is 13.6. The van der Waals surface area contributed by atoms with Gasteiger partial charge >= 0.3 is 0 Å². The first kappa shape index (κ1) is 27.3. The second-order valence-electron chi connectivity index (χ2n) is 9.65. The van der Waals surface area contributed by atoms with Crippen LogP contribution in [0.1, 0.15) is 28.9 Å². The van der Waals surface area contributed by atoms with Gasteiger partial charge in [-0.15, -0.1) is 10.2 Å². The molecule has 2 amide bonds. The van der Waals surface area contributed by atoms with Crippen LogP contribution in [0.2, 0.25) is 5.02 Å². The van der Waals surface area contributed by atoms with E-state index in [-0.39, 0.29) is 30.2 Å². The molecule has 0 bridgehead atoms. The largest absolute Gasteiger partial charge is 0.352 e. The van der Waals surface area contributed by atoms with E-state index in [2.05, 4.69) is 15.1 Å². The lowest BCUT2D eigenvalue weighted by molar-refractivity contribution is -0.132. The van der Waals surface area contributed by atoms with Gasteiger partial charge in [0, 0.05) is 31.7 Å². The second-order valence-corrected chi connectivity index (χ2v) is 10.1. The van der Waals surface area contributed by atoms with Gasteiger partial charge in [-0.25, -0.2) is 4.39 Å². The first-order chi connectivity index (χ1) is 19.4. The molecule has 0 aliphatic carbocycles. The predicted octanol–water partition coefficient (Wildman–Crippen LogP) is 5.49. The molecule has 40 heavy (non-hydrogen) atoms. The topological polar surface area (TPSA) is 69.6 Å². The Morgan fingerprint density at radius 2 is 1.55 bits per heavy atom. The lowest BCUT2D eigenvalue weighted by Gasteiger charge is -2.37. The molecule has 9 heteroatoms. The third-order valence-electron chi connectivity index (χ3n) is 7.17. The summed E-state index contributed by atoms with van der Waals surface area (Å²) in [4.78, 5) is 32.5. The average molecular weight is 558 g/mol. The van der Waals surface area contributed by atoms with Crippen LogP contribution in [0.4, 0.5) is 10.2 Å². The first-order valence-electron chi connectivity index (χ1n) is 13.1. The van der Waals surface area contributed by atoms with E-state index in [1.54, 1.807) is 46.2 Å². The van der Waals surface area contributed by atoms with Gasteiger partial charge in [0.15, 0.2) is 5.82 Å². The summed E-state index contributed by atoms with van der Waals surface area (Å²) in [6.45, 7) is 4.02. The molecule has 0 radical (unpaired) electrons. The Morgan fingerprint density at radius 3 is 2.20 bits per heavy atom. The number of benzene rings is 3. The van der Waals surface area contributed by atoms with Crippen LogP contribution >= 0.6 is 11.6 Å². The van der Waals surface area contributed by atoms with E-state index in [1.807, 2.05) is 49.4 Å². The zero-order chi connectivity index (χ0) is 28.1. The molecule has 1 unspecified atom stereocenters. The third-order valence-corrected chi connectivity index (χ3v) is 7.50. The van der Waals surface area contributed by atoms with E-state index in [9.17, 15) is 14.0 Å². The van der Waals surface area contributed by atoms with Crippen LogP contribution in [0.5, 0.6) is 0 Å². The first-order valence-corrected chi connectivity index (χ1v) is 13.5. The van der Waals surface area contributed by atoms with Gasteiger partial charge in [0.05, 0.1) is 22.3 Å². The van der Waals surface area contributed by atoms with Crippen molar-refractivity contribution in [2.45, 2.75) is 13.0 Å². The van der Waals surface area contributed by atoms with Crippen molar-refractivity contribution in [3.63, 3.8) is 0 Å². The maximum absolute atomic E-state index is 13.6. The fraction of sp³-hybridized carbons (Fsp3) is 0.226. The summed E-state index contributed by atoms with van der Waals surface area (Å²) < 4.78 is 13.2. The Hall–Kier alpha value is -4.30. The van der Waals surface area contributed by atoms with Crippen molar-refractivity contribution in [1.82, 2.24) is 20.0 Å². The molecule has 1 atom stereocenters. The van der Waals surface area contributed by atoms with Crippen molar-refractivity contribution in [2.75, 3.05) is 37.6 Å². The number of rotatable bonds is 7. The van der Waals surface area contributed by atoms with Crippen molar-refractivity contribution in [2.24, 2.45) is 0 Å². The quantitative estimate of drug-likeness (QED) is 0.301. The maximum Gasteiger partial charge on any atom is 0.256 e. The average Bonchev–Trinajstić information content (AvgIpc) is 3.00. The second kappa shape index (κ2) is 12.3. The summed E-state index contributed by atoms with van der Waals surface area (Å²) in [6.07, 6.45) is 0. The van der Waals surface area contributed by atoms with Crippen molar-refractivity contribution >= 4 is 29.2 Å². The zero-order valence-electron chi connectivity index (χ0n) is 22.1. The Labute approximate surface area is 237 Å². The minimum Gasteiger partial charge on any atom is -0.352 e. The highest BCUT2D eigenvalue weighted by Crippen LogP contribution is 2.26. The molecule has 1 aliphatic heterocycles. The lowest BCUT2D eigenvalue weighted by Crippen LogP contribution is -2.52. The van der Waals surface area contributed by atoms with Gasteiger partial charge in [0.25, 0.3) is 5.91 Å². The van der Waals surface area contributed by atoms with Crippen LogP contribution in [0.3, 0.4) is 0 Å². The standard InChI is InChI=1S/C31H29ClFN5O2/c1-22(23-7-3-2-4-8-23)38(31(40)26-9-5-6-10-27(26)32)21-30(39)37-19-17-36(18-20-37)29-16-15-28(34-35-29)24-11-13-25(33)14-12-24/h2-16,22H,17-21H2,1H3.